The summed E-state index contributed by atoms with van der Waals surface area (Å²) in [5.74, 6) is 2.75. The van der Waals surface area contributed by atoms with E-state index >= 15 is 0 Å². The van der Waals surface area contributed by atoms with Gasteiger partial charge in [0.25, 0.3) is 5.91 Å². The number of nitrogens with one attached hydrogen (secondary N) is 1. The second-order valence-electron chi connectivity index (χ2n) is 6.44. The highest BCUT2D eigenvalue weighted by molar-refractivity contribution is 5.97. The lowest BCUT2D eigenvalue weighted by Crippen LogP contribution is -2.25. The van der Waals surface area contributed by atoms with Crippen molar-refractivity contribution in [3.8, 4) is 17.2 Å². The SMILES string of the molecule is COc1cc(OC)c(CCNC(=O)c2ccc3c(c2)nc(C)n3C)c(OC)c1. The van der Waals surface area contributed by atoms with Crippen molar-refractivity contribution in [2.75, 3.05) is 27.9 Å². The molecule has 0 aliphatic carbocycles. The predicted molar refractivity (Wildman–Crippen MR) is 108 cm³/mol. The number of carbonyl (C=O) groups is 1. The van der Waals surface area contributed by atoms with Crippen molar-refractivity contribution < 1.29 is 19.0 Å². The van der Waals surface area contributed by atoms with Crippen LogP contribution in [0.25, 0.3) is 11.0 Å². The Morgan fingerprint density at radius 3 is 2.36 bits per heavy atom. The maximum atomic E-state index is 12.6. The lowest BCUT2D eigenvalue weighted by Gasteiger charge is -2.15. The van der Waals surface area contributed by atoms with Crippen molar-refractivity contribution in [1.29, 1.82) is 0 Å². The van der Waals surface area contributed by atoms with E-state index in [1.807, 2.05) is 36.7 Å². The molecule has 1 aromatic heterocycles. The molecule has 0 saturated carbocycles. The number of methoxy groups -OCH3 is 3. The summed E-state index contributed by atoms with van der Waals surface area (Å²) >= 11 is 0. The smallest absolute Gasteiger partial charge is 0.251 e. The fourth-order valence-electron chi connectivity index (χ4n) is 3.19. The third kappa shape index (κ3) is 3.74. The second-order valence-corrected chi connectivity index (χ2v) is 6.44. The van der Waals surface area contributed by atoms with Gasteiger partial charge >= 0.3 is 0 Å². The van der Waals surface area contributed by atoms with E-state index in [0.29, 0.717) is 35.8 Å². The Labute approximate surface area is 164 Å². The van der Waals surface area contributed by atoms with Gasteiger partial charge in [0, 0.05) is 36.9 Å². The van der Waals surface area contributed by atoms with Crippen LogP contribution in [0.15, 0.2) is 30.3 Å². The molecule has 0 radical (unpaired) electrons. The van der Waals surface area contributed by atoms with Gasteiger partial charge in [-0.15, -0.1) is 0 Å². The molecule has 0 aliphatic rings. The Kier molecular flexibility index (Phi) is 5.73. The first kappa shape index (κ1) is 19.5. The third-order valence-electron chi connectivity index (χ3n) is 4.84. The molecular weight excluding hydrogens is 358 g/mol. The maximum absolute atomic E-state index is 12.6. The van der Waals surface area contributed by atoms with Gasteiger partial charge < -0.3 is 24.1 Å². The van der Waals surface area contributed by atoms with E-state index in [9.17, 15) is 4.79 Å². The van der Waals surface area contributed by atoms with E-state index in [0.717, 1.165) is 22.4 Å². The van der Waals surface area contributed by atoms with Crippen LogP contribution >= 0.6 is 0 Å². The van der Waals surface area contributed by atoms with Gasteiger partial charge in [0.2, 0.25) is 0 Å². The number of ether oxygens (including phenoxy) is 3. The number of aromatic nitrogens is 2. The summed E-state index contributed by atoms with van der Waals surface area (Å²) in [6.45, 7) is 2.38. The number of hydrogen-bond acceptors (Lipinski definition) is 5. The Morgan fingerprint density at radius 2 is 1.75 bits per heavy atom. The van der Waals surface area contributed by atoms with Gasteiger partial charge in [0.15, 0.2) is 0 Å². The minimum Gasteiger partial charge on any atom is -0.496 e. The van der Waals surface area contributed by atoms with Gasteiger partial charge in [-0.3, -0.25) is 4.79 Å². The van der Waals surface area contributed by atoms with Crippen LogP contribution in [0.4, 0.5) is 0 Å². The highest BCUT2D eigenvalue weighted by atomic mass is 16.5. The topological polar surface area (TPSA) is 74.6 Å². The highest BCUT2D eigenvalue weighted by Gasteiger charge is 2.14. The zero-order chi connectivity index (χ0) is 20.3. The molecule has 1 amide bonds. The Hall–Kier alpha value is -3.22. The van der Waals surface area contributed by atoms with Gasteiger partial charge in [-0.2, -0.15) is 0 Å². The first-order chi connectivity index (χ1) is 13.5. The van der Waals surface area contributed by atoms with Crippen LogP contribution in [0.1, 0.15) is 21.7 Å². The van der Waals surface area contributed by atoms with E-state index in [-0.39, 0.29) is 5.91 Å². The fourth-order valence-corrected chi connectivity index (χ4v) is 3.19. The van der Waals surface area contributed by atoms with Crippen LogP contribution in [0.2, 0.25) is 0 Å². The number of aryl methyl sites for hydroxylation is 2. The van der Waals surface area contributed by atoms with Crippen molar-refractivity contribution in [3.63, 3.8) is 0 Å². The molecule has 7 nitrogen and oxygen atoms in total. The minimum absolute atomic E-state index is 0.142. The lowest BCUT2D eigenvalue weighted by molar-refractivity contribution is 0.0954. The summed E-state index contributed by atoms with van der Waals surface area (Å²) in [5.41, 5.74) is 3.27. The van der Waals surface area contributed by atoms with E-state index < -0.39 is 0 Å². The van der Waals surface area contributed by atoms with Gasteiger partial charge in [-0.25, -0.2) is 4.98 Å². The van der Waals surface area contributed by atoms with Crippen molar-refractivity contribution in [2.24, 2.45) is 7.05 Å². The number of rotatable bonds is 7. The summed E-state index contributed by atoms with van der Waals surface area (Å²) in [4.78, 5) is 17.0. The van der Waals surface area contributed by atoms with Crippen LogP contribution in [0.3, 0.4) is 0 Å². The molecule has 148 valence electrons. The van der Waals surface area contributed by atoms with Crippen LogP contribution in [-0.4, -0.2) is 43.3 Å². The summed E-state index contributed by atoms with van der Waals surface area (Å²) in [7, 11) is 6.74. The van der Waals surface area contributed by atoms with Crippen LogP contribution in [0, 0.1) is 6.92 Å². The molecule has 0 spiro atoms. The molecule has 3 rings (SSSR count). The molecule has 0 unspecified atom stereocenters. The standard InChI is InChI=1S/C21H25N3O4/c1-13-23-17-10-14(6-7-18(17)24(13)2)21(25)22-9-8-16-19(27-4)11-15(26-3)12-20(16)28-5/h6-7,10-12H,8-9H2,1-5H3,(H,22,25). The Balaban J connectivity index is 1.72. The molecular formula is C21H25N3O4. The molecule has 2 aromatic carbocycles. The molecule has 0 fully saturated rings. The largest absolute Gasteiger partial charge is 0.496 e. The molecule has 1 heterocycles. The average molecular weight is 383 g/mol. The Morgan fingerprint density at radius 1 is 1.07 bits per heavy atom. The summed E-state index contributed by atoms with van der Waals surface area (Å²) in [6, 6.07) is 9.15. The van der Waals surface area contributed by atoms with Gasteiger partial charge in [-0.1, -0.05) is 0 Å². The minimum atomic E-state index is -0.142. The average Bonchev–Trinajstić information content (AvgIpc) is 3.00. The van der Waals surface area contributed by atoms with Crippen LogP contribution in [0.5, 0.6) is 17.2 Å². The highest BCUT2D eigenvalue weighted by Crippen LogP contribution is 2.34. The van der Waals surface area contributed by atoms with Crippen molar-refractivity contribution in [1.82, 2.24) is 14.9 Å². The van der Waals surface area contributed by atoms with Crippen molar-refractivity contribution >= 4 is 16.9 Å². The first-order valence-electron chi connectivity index (χ1n) is 8.98. The number of amides is 1. The molecule has 0 saturated heterocycles. The normalized spacial score (nSPS) is 10.8. The molecule has 1 N–H and O–H groups in total. The number of carbonyl (C=O) groups excluding carboxylic acids is 1. The van der Waals surface area contributed by atoms with E-state index in [2.05, 4.69) is 10.3 Å². The number of hydrogen-bond donors (Lipinski definition) is 1. The van der Waals surface area contributed by atoms with E-state index in [1.54, 1.807) is 33.5 Å². The Bertz CT molecular complexity index is 985. The van der Waals surface area contributed by atoms with Gasteiger partial charge in [0.05, 0.1) is 32.4 Å². The number of fused-ring (bicyclic) bond motifs is 1. The summed E-state index contributed by atoms with van der Waals surface area (Å²) in [6.07, 6.45) is 0.563. The monoisotopic (exact) mass is 383 g/mol. The number of imidazole rings is 1. The lowest BCUT2D eigenvalue weighted by atomic mass is 10.1. The zero-order valence-electron chi connectivity index (χ0n) is 16.8. The molecule has 7 heteroatoms. The molecule has 3 aromatic rings. The van der Waals surface area contributed by atoms with Crippen molar-refractivity contribution in [2.45, 2.75) is 13.3 Å². The van der Waals surface area contributed by atoms with Crippen LogP contribution < -0.4 is 19.5 Å². The molecule has 0 atom stereocenters. The maximum Gasteiger partial charge on any atom is 0.251 e. The van der Waals surface area contributed by atoms with E-state index in [4.69, 9.17) is 14.2 Å². The number of benzene rings is 2. The van der Waals surface area contributed by atoms with E-state index in [1.165, 1.54) is 0 Å². The number of nitrogens with zero attached hydrogens (tertiary/aromatic N) is 2. The first-order valence-corrected chi connectivity index (χ1v) is 8.98. The summed E-state index contributed by atoms with van der Waals surface area (Å²) in [5, 5.41) is 2.95. The molecule has 0 aliphatic heterocycles. The predicted octanol–water partition coefficient (Wildman–Crippen LogP) is 2.88. The van der Waals surface area contributed by atoms with Crippen LogP contribution in [-0.2, 0) is 13.5 Å². The molecule has 28 heavy (non-hydrogen) atoms. The third-order valence-corrected chi connectivity index (χ3v) is 4.84. The fraction of sp³-hybridized carbons (Fsp3) is 0.333. The second kappa shape index (κ2) is 8.21. The van der Waals surface area contributed by atoms with Crippen molar-refractivity contribution in [3.05, 3.63) is 47.3 Å². The summed E-state index contributed by atoms with van der Waals surface area (Å²) < 4.78 is 18.2. The molecule has 0 bridgehead atoms. The van der Waals surface area contributed by atoms with Gasteiger partial charge in [-0.05, 0) is 31.5 Å². The quantitative estimate of drug-likeness (QED) is 0.679. The van der Waals surface area contributed by atoms with Gasteiger partial charge in [0.1, 0.15) is 23.1 Å². The zero-order valence-corrected chi connectivity index (χ0v) is 16.8.